The Labute approximate surface area is 148 Å². The summed E-state index contributed by atoms with van der Waals surface area (Å²) in [5, 5.41) is 12.1. The van der Waals surface area contributed by atoms with Gasteiger partial charge in [-0.2, -0.15) is 0 Å². The quantitative estimate of drug-likeness (QED) is 0.899. The number of pyridine rings is 1. The standard InChI is InChI=1S/C20H27N3O2/c1-14(16-13-22-19-15(16)6-4-10-21-19)12-18(24)23-11-5-9-20(25)8-3-2-7-17(20)23/h4,6,10,13-14,17,25H,2-3,5,7-9,11-12H2,1H3,(H,21,22). The van der Waals surface area contributed by atoms with Crippen LogP contribution in [0, 0.1) is 0 Å². The largest absolute Gasteiger partial charge is 0.388 e. The first-order valence-corrected chi connectivity index (χ1v) is 9.52. The van der Waals surface area contributed by atoms with Crippen molar-refractivity contribution in [2.75, 3.05) is 6.54 Å². The summed E-state index contributed by atoms with van der Waals surface area (Å²) in [5.74, 6) is 0.305. The number of carbonyl (C=O) groups excluding carboxylic acids is 1. The molecule has 1 amide bonds. The SMILES string of the molecule is CC(CC(=O)N1CCCC2(O)CCCCC12)c1c[nH]c2ncccc12. The molecule has 5 heteroatoms. The highest BCUT2D eigenvalue weighted by Gasteiger charge is 2.46. The number of rotatable bonds is 3. The van der Waals surface area contributed by atoms with E-state index >= 15 is 0 Å². The Balaban J connectivity index is 1.51. The molecule has 0 bridgehead atoms. The zero-order valence-corrected chi connectivity index (χ0v) is 14.9. The number of amides is 1. The molecule has 1 saturated carbocycles. The number of hydrogen-bond acceptors (Lipinski definition) is 3. The Morgan fingerprint density at radius 2 is 2.28 bits per heavy atom. The van der Waals surface area contributed by atoms with E-state index in [-0.39, 0.29) is 17.9 Å². The lowest BCUT2D eigenvalue weighted by molar-refractivity contribution is -0.152. The Kier molecular flexibility index (Phi) is 4.28. The highest BCUT2D eigenvalue weighted by atomic mass is 16.3. The highest BCUT2D eigenvalue weighted by molar-refractivity contribution is 5.82. The zero-order chi connectivity index (χ0) is 17.4. The van der Waals surface area contributed by atoms with Gasteiger partial charge in [-0.05, 0) is 49.3 Å². The van der Waals surface area contributed by atoms with Crippen LogP contribution in [0.1, 0.15) is 63.4 Å². The van der Waals surface area contributed by atoms with Crippen molar-refractivity contribution >= 4 is 16.9 Å². The smallest absolute Gasteiger partial charge is 0.223 e. The first-order chi connectivity index (χ1) is 12.1. The van der Waals surface area contributed by atoms with Crippen molar-refractivity contribution in [2.45, 2.75) is 69.4 Å². The molecule has 2 aromatic heterocycles. The van der Waals surface area contributed by atoms with Crippen LogP contribution in [-0.2, 0) is 4.79 Å². The van der Waals surface area contributed by atoms with Crippen LogP contribution >= 0.6 is 0 Å². The minimum absolute atomic E-state index is 0.0133. The molecule has 2 aliphatic rings. The number of nitrogens with one attached hydrogen (secondary N) is 1. The number of aromatic amines is 1. The summed E-state index contributed by atoms with van der Waals surface area (Å²) >= 11 is 0. The van der Waals surface area contributed by atoms with Crippen LogP contribution in [0.4, 0.5) is 0 Å². The molecule has 1 saturated heterocycles. The molecular formula is C20H27N3O2. The van der Waals surface area contributed by atoms with Gasteiger partial charge in [0.1, 0.15) is 5.65 Å². The fourth-order valence-electron chi connectivity index (χ4n) is 4.83. The molecule has 2 aromatic rings. The number of fused-ring (bicyclic) bond motifs is 2. The Morgan fingerprint density at radius 1 is 1.44 bits per heavy atom. The van der Waals surface area contributed by atoms with Crippen molar-refractivity contribution in [3.05, 3.63) is 30.1 Å². The second-order valence-corrected chi connectivity index (χ2v) is 7.80. The molecule has 3 unspecified atom stereocenters. The second-order valence-electron chi connectivity index (χ2n) is 7.80. The number of piperidine rings is 1. The Bertz CT molecular complexity index is 767. The predicted octanol–water partition coefficient (Wildman–Crippen LogP) is 3.35. The normalized spacial score (nSPS) is 27.9. The average molecular weight is 341 g/mol. The summed E-state index contributed by atoms with van der Waals surface area (Å²) < 4.78 is 0. The maximum absolute atomic E-state index is 13.0. The van der Waals surface area contributed by atoms with Gasteiger partial charge in [0.2, 0.25) is 5.91 Å². The zero-order valence-electron chi connectivity index (χ0n) is 14.9. The summed E-state index contributed by atoms with van der Waals surface area (Å²) in [6.45, 7) is 2.89. The van der Waals surface area contributed by atoms with Gasteiger partial charge in [0.15, 0.2) is 0 Å². The van der Waals surface area contributed by atoms with Gasteiger partial charge in [-0.1, -0.05) is 19.8 Å². The molecule has 0 spiro atoms. The molecule has 2 fully saturated rings. The first kappa shape index (κ1) is 16.6. The lowest BCUT2D eigenvalue weighted by Crippen LogP contribution is -2.60. The van der Waals surface area contributed by atoms with Crippen LogP contribution in [0.3, 0.4) is 0 Å². The molecule has 3 heterocycles. The van der Waals surface area contributed by atoms with Crippen LogP contribution in [0.15, 0.2) is 24.5 Å². The number of likely N-dealkylation sites (tertiary alicyclic amines) is 1. The van der Waals surface area contributed by atoms with Gasteiger partial charge >= 0.3 is 0 Å². The highest BCUT2D eigenvalue weighted by Crippen LogP contribution is 2.39. The average Bonchev–Trinajstić information content (AvgIpc) is 3.04. The van der Waals surface area contributed by atoms with Gasteiger partial charge in [-0.15, -0.1) is 0 Å². The summed E-state index contributed by atoms with van der Waals surface area (Å²) in [6.07, 6.45) is 9.94. The van der Waals surface area contributed by atoms with E-state index in [1.54, 1.807) is 6.20 Å². The van der Waals surface area contributed by atoms with E-state index in [4.69, 9.17) is 0 Å². The van der Waals surface area contributed by atoms with E-state index < -0.39 is 5.60 Å². The van der Waals surface area contributed by atoms with Gasteiger partial charge < -0.3 is 15.0 Å². The second kappa shape index (κ2) is 6.45. The molecule has 1 aliphatic heterocycles. The van der Waals surface area contributed by atoms with Crippen molar-refractivity contribution in [3.63, 3.8) is 0 Å². The van der Waals surface area contributed by atoms with E-state index in [1.165, 1.54) is 0 Å². The van der Waals surface area contributed by atoms with E-state index in [2.05, 4.69) is 23.0 Å². The maximum Gasteiger partial charge on any atom is 0.223 e. The van der Waals surface area contributed by atoms with E-state index in [1.807, 2.05) is 17.2 Å². The van der Waals surface area contributed by atoms with Crippen molar-refractivity contribution in [1.29, 1.82) is 0 Å². The molecule has 0 radical (unpaired) electrons. The van der Waals surface area contributed by atoms with Crippen molar-refractivity contribution in [3.8, 4) is 0 Å². The third kappa shape index (κ3) is 2.95. The Hall–Kier alpha value is -1.88. The lowest BCUT2D eigenvalue weighted by atomic mass is 9.74. The number of nitrogens with zero attached hydrogens (tertiary/aromatic N) is 2. The summed E-state index contributed by atoms with van der Waals surface area (Å²) in [6, 6.07) is 4.00. The van der Waals surface area contributed by atoms with Crippen LogP contribution in [-0.4, -0.2) is 44.1 Å². The van der Waals surface area contributed by atoms with E-state index in [9.17, 15) is 9.90 Å². The number of H-pyrrole nitrogens is 1. The molecule has 25 heavy (non-hydrogen) atoms. The van der Waals surface area contributed by atoms with Crippen molar-refractivity contribution < 1.29 is 9.90 Å². The minimum Gasteiger partial charge on any atom is -0.388 e. The lowest BCUT2D eigenvalue weighted by Gasteiger charge is -2.50. The van der Waals surface area contributed by atoms with Gasteiger partial charge in [-0.25, -0.2) is 4.98 Å². The fraction of sp³-hybridized carbons (Fsp3) is 0.600. The van der Waals surface area contributed by atoms with Gasteiger partial charge in [0.05, 0.1) is 11.6 Å². The van der Waals surface area contributed by atoms with Crippen LogP contribution in [0.2, 0.25) is 0 Å². The number of carbonyl (C=O) groups is 1. The van der Waals surface area contributed by atoms with E-state index in [0.717, 1.165) is 61.7 Å². The third-order valence-corrected chi connectivity index (χ3v) is 6.16. The molecule has 0 aromatic carbocycles. The molecule has 1 aliphatic carbocycles. The third-order valence-electron chi connectivity index (χ3n) is 6.16. The topological polar surface area (TPSA) is 69.2 Å². The maximum atomic E-state index is 13.0. The van der Waals surface area contributed by atoms with Crippen molar-refractivity contribution in [1.82, 2.24) is 14.9 Å². The molecule has 5 nitrogen and oxygen atoms in total. The predicted molar refractivity (Wildman–Crippen MR) is 97.3 cm³/mol. The number of aliphatic hydroxyl groups is 1. The monoisotopic (exact) mass is 341 g/mol. The number of aromatic nitrogens is 2. The first-order valence-electron chi connectivity index (χ1n) is 9.52. The number of hydrogen-bond donors (Lipinski definition) is 2. The van der Waals surface area contributed by atoms with Crippen molar-refractivity contribution in [2.24, 2.45) is 0 Å². The van der Waals surface area contributed by atoms with Crippen LogP contribution < -0.4 is 0 Å². The fourth-order valence-corrected chi connectivity index (χ4v) is 4.83. The molecule has 4 rings (SSSR count). The van der Waals surface area contributed by atoms with Crippen LogP contribution in [0.5, 0.6) is 0 Å². The van der Waals surface area contributed by atoms with Gasteiger partial charge in [0, 0.05) is 30.7 Å². The van der Waals surface area contributed by atoms with E-state index in [0.29, 0.717) is 6.42 Å². The summed E-state index contributed by atoms with van der Waals surface area (Å²) in [4.78, 5) is 22.5. The van der Waals surface area contributed by atoms with Crippen LogP contribution in [0.25, 0.3) is 11.0 Å². The molecule has 134 valence electrons. The molecule has 3 atom stereocenters. The molecule has 2 N–H and O–H groups in total. The van der Waals surface area contributed by atoms with Gasteiger partial charge in [0.25, 0.3) is 0 Å². The Morgan fingerprint density at radius 3 is 3.16 bits per heavy atom. The summed E-state index contributed by atoms with van der Waals surface area (Å²) in [7, 11) is 0. The molecular weight excluding hydrogens is 314 g/mol. The minimum atomic E-state index is -0.653. The van der Waals surface area contributed by atoms with Gasteiger partial charge in [-0.3, -0.25) is 4.79 Å². The summed E-state index contributed by atoms with van der Waals surface area (Å²) in [5.41, 5.74) is 1.36.